The molecule has 1 aromatic carbocycles. The number of rotatable bonds is 14. The van der Waals surface area contributed by atoms with Crippen LogP contribution in [-0.4, -0.2) is 27.3 Å². The minimum Gasteiger partial charge on any atom is -0.496 e. The van der Waals surface area contributed by atoms with Gasteiger partial charge in [-0.1, -0.05) is 32.1 Å². The monoisotopic (exact) mass is 336 g/mol. The molecule has 0 atom stereocenters. The van der Waals surface area contributed by atoms with Gasteiger partial charge in [-0.2, -0.15) is 0 Å². The van der Waals surface area contributed by atoms with Crippen LogP contribution in [0.1, 0.15) is 62.5 Å². The molecule has 1 aromatic rings. The van der Waals surface area contributed by atoms with Crippen molar-refractivity contribution >= 4 is 0 Å². The fraction of sp³-hybridized carbons (Fsp3) is 0.700. The van der Waals surface area contributed by atoms with Crippen molar-refractivity contribution in [3.63, 3.8) is 0 Å². The maximum Gasteiger partial charge on any atom is 0.122 e. The molecule has 0 unspecified atom stereocenters. The minimum atomic E-state index is 0.693. The third-order valence-corrected chi connectivity index (χ3v) is 4.48. The molecule has 0 amide bonds. The van der Waals surface area contributed by atoms with Gasteiger partial charge in [-0.15, -0.1) is 0 Å². The Hall–Kier alpha value is -1.26. The van der Waals surface area contributed by atoms with Crippen LogP contribution in [0.2, 0.25) is 0 Å². The number of hydrogen-bond donors (Lipinski definition) is 2. The van der Waals surface area contributed by atoms with E-state index in [0.29, 0.717) is 6.54 Å². The van der Waals surface area contributed by atoms with Crippen LogP contribution in [-0.2, 0) is 12.8 Å². The summed E-state index contributed by atoms with van der Waals surface area (Å²) in [5.41, 5.74) is 13.6. The van der Waals surface area contributed by atoms with Crippen molar-refractivity contribution in [3.05, 3.63) is 23.3 Å². The first-order chi connectivity index (χ1) is 11.8. The maximum absolute atomic E-state index is 5.62. The number of nitrogens with two attached hydrogens (primary N) is 2. The second kappa shape index (κ2) is 13.1. The smallest absolute Gasteiger partial charge is 0.122 e. The number of ether oxygens (including phenoxy) is 2. The minimum absolute atomic E-state index is 0.693. The summed E-state index contributed by atoms with van der Waals surface area (Å²) < 4.78 is 11.1. The highest BCUT2D eigenvalue weighted by Gasteiger charge is 2.11. The Labute approximate surface area is 147 Å². The molecular weight excluding hydrogens is 300 g/mol. The van der Waals surface area contributed by atoms with E-state index < -0.39 is 0 Å². The number of unbranched alkanes of at least 4 members (excludes halogenated alkanes) is 6. The molecule has 4 nitrogen and oxygen atoms in total. The predicted octanol–water partition coefficient (Wildman–Crippen LogP) is 3.83. The van der Waals surface area contributed by atoms with Crippen LogP contribution < -0.4 is 20.9 Å². The first kappa shape index (κ1) is 20.8. The molecule has 0 aliphatic heterocycles. The Kier molecular flexibility index (Phi) is 11.3. The lowest BCUT2D eigenvalue weighted by Gasteiger charge is -2.15. The van der Waals surface area contributed by atoms with Crippen LogP contribution >= 0.6 is 0 Å². The molecule has 0 heterocycles. The van der Waals surface area contributed by atoms with Gasteiger partial charge in [-0.25, -0.2) is 0 Å². The topological polar surface area (TPSA) is 70.5 Å². The van der Waals surface area contributed by atoms with Crippen LogP contribution in [0.4, 0.5) is 0 Å². The van der Waals surface area contributed by atoms with E-state index >= 15 is 0 Å². The molecule has 138 valence electrons. The van der Waals surface area contributed by atoms with Gasteiger partial charge in [-0.05, 0) is 68.5 Å². The van der Waals surface area contributed by atoms with Gasteiger partial charge < -0.3 is 20.9 Å². The quantitative estimate of drug-likeness (QED) is 0.507. The highest BCUT2D eigenvalue weighted by molar-refractivity contribution is 5.46. The van der Waals surface area contributed by atoms with Gasteiger partial charge in [-0.3, -0.25) is 0 Å². The van der Waals surface area contributed by atoms with E-state index in [1.807, 2.05) is 0 Å². The summed E-state index contributed by atoms with van der Waals surface area (Å²) in [6.07, 6.45) is 11.8. The Morgan fingerprint density at radius 2 is 1.04 bits per heavy atom. The van der Waals surface area contributed by atoms with Gasteiger partial charge in [0.05, 0.1) is 14.2 Å². The van der Waals surface area contributed by atoms with Crippen molar-refractivity contribution < 1.29 is 9.47 Å². The van der Waals surface area contributed by atoms with E-state index in [9.17, 15) is 0 Å². The average molecular weight is 337 g/mol. The average Bonchev–Trinajstić information content (AvgIpc) is 2.62. The molecule has 0 aliphatic carbocycles. The van der Waals surface area contributed by atoms with E-state index in [-0.39, 0.29) is 0 Å². The first-order valence-corrected chi connectivity index (χ1v) is 9.40. The maximum atomic E-state index is 5.62. The van der Waals surface area contributed by atoms with E-state index in [1.165, 1.54) is 49.7 Å². The molecule has 0 radical (unpaired) electrons. The van der Waals surface area contributed by atoms with Gasteiger partial charge >= 0.3 is 0 Å². The lowest BCUT2D eigenvalue weighted by molar-refractivity contribution is 0.393. The zero-order valence-corrected chi connectivity index (χ0v) is 15.6. The largest absolute Gasteiger partial charge is 0.496 e. The van der Waals surface area contributed by atoms with Crippen molar-refractivity contribution in [2.45, 2.75) is 64.2 Å². The Morgan fingerprint density at radius 1 is 0.625 bits per heavy atom. The van der Waals surface area contributed by atoms with Crippen molar-refractivity contribution in [2.24, 2.45) is 11.5 Å². The van der Waals surface area contributed by atoms with Gasteiger partial charge in [0, 0.05) is 0 Å². The second-order valence-corrected chi connectivity index (χ2v) is 6.38. The van der Waals surface area contributed by atoms with Crippen LogP contribution in [0.5, 0.6) is 11.5 Å². The fourth-order valence-electron chi connectivity index (χ4n) is 3.05. The lowest BCUT2D eigenvalue weighted by Crippen LogP contribution is -2.03. The molecule has 0 aromatic heterocycles. The van der Waals surface area contributed by atoms with Crippen LogP contribution in [0, 0.1) is 0 Å². The standard InChI is InChI=1S/C20H36N2O2/c1-23-19-16-18(12-10-14-22)20(24-2)15-17(19)11-8-6-4-3-5-7-9-13-21/h15-16H,3-14,21-22H2,1-2H3. The lowest BCUT2D eigenvalue weighted by atomic mass is 10.00. The summed E-state index contributed by atoms with van der Waals surface area (Å²) in [7, 11) is 3.48. The highest BCUT2D eigenvalue weighted by atomic mass is 16.5. The summed E-state index contributed by atoms with van der Waals surface area (Å²) >= 11 is 0. The van der Waals surface area contributed by atoms with Crippen LogP contribution in [0.25, 0.3) is 0 Å². The van der Waals surface area contributed by atoms with Gasteiger partial charge in [0.25, 0.3) is 0 Å². The third kappa shape index (κ3) is 7.54. The summed E-state index contributed by atoms with van der Waals surface area (Å²) in [5.74, 6) is 1.94. The zero-order valence-electron chi connectivity index (χ0n) is 15.6. The van der Waals surface area contributed by atoms with E-state index in [0.717, 1.165) is 43.7 Å². The normalized spacial score (nSPS) is 10.8. The molecule has 0 saturated carbocycles. The molecule has 4 N–H and O–H groups in total. The number of benzene rings is 1. The molecule has 0 bridgehead atoms. The second-order valence-electron chi connectivity index (χ2n) is 6.38. The summed E-state index contributed by atoms with van der Waals surface area (Å²) in [6, 6.07) is 4.27. The molecule has 24 heavy (non-hydrogen) atoms. The van der Waals surface area contributed by atoms with Crippen LogP contribution in [0.3, 0.4) is 0 Å². The Morgan fingerprint density at radius 3 is 1.50 bits per heavy atom. The molecule has 1 rings (SSSR count). The van der Waals surface area contributed by atoms with Crippen molar-refractivity contribution in [1.82, 2.24) is 0 Å². The van der Waals surface area contributed by atoms with E-state index in [2.05, 4.69) is 12.1 Å². The Bertz CT molecular complexity index is 450. The number of aryl methyl sites for hydroxylation is 2. The van der Waals surface area contributed by atoms with Crippen molar-refractivity contribution in [2.75, 3.05) is 27.3 Å². The van der Waals surface area contributed by atoms with Gasteiger partial charge in [0.1, 0.15) is 11.5 Å². The number of hydrogen-bond acceptors (Lipinski definition) is 4. The van der Waals surface area contributed by atoms with Crippen molar-refractivity contribution in [3.8, 4) is 11.5 Å². The molecule has 4 heteroatoms. The molecule has 0 aliphatic rings. The summed E-state index contributed by atoms with van der Waals surface area (Å²) in [6.45, 7) is 1.52. The van der Waals surface area contributed by atoms with Crippen molar-refractivity contribution in [1.29, 1.82) is 0 Å². The third-order valence-electron chi connectivity index (χ3n) is 4.48. The SMILES string of the molecule is COc1cc(CCCCCCCCCN)c(OC)cc1CCCN. The molecule has 0 saturated heterocycles. The van der Waals surface area contributed by atoms with Crippen LogP contribution in [0.15, 0.2) is 12.1 Å². The van der Waals surface area contributed by atoms with Gasteiger partial charge in [0.2, 0.25) is 0 Å². The fourth-order valence-corrected chi connectivity index (χ4v) is 3.05. The first-order valence-electron chi connectivity index (χ1n) is 9.40. The predicted molar refractivity (Wildman–Crippen MR) is 102 cm³/mol. The molecule has 0 fully saturated rings. The zero-order chi connectivity index (χ0) is 17.6. The molecule has 0 spiro atoms. The highest BCUT2D eigenvalue weighted by Crippen LogP contribution is 2.31. The molecular formula is C20H36N2O2. The number of methoxy groups -OCH3 is 2. The van der Waals surface area contributed by atoms with E-state index in [4.69, 9.17) is 20.9 Å². The van der Waals surface area contributed by atoms with Gasteiger partial charge in [0.15, 0.2) is 0 Å². The van der Waals surface area contributed by atoms with E-state index in [1.54, 1.807) is 14.2 Å². The summed E-state index contributed by atoms with van der Waals surface area (Å²) in [4.78, 5) is 0. The Balaban J connectivity index is 2.48. The summed E-state index contributed by atoms with van der Waals surface area (Å²) in [5, 5.41) is 0.